The number of amides is 2. The van der Waals surface area contributed by atoms with E-state index in [0.29, 0.717) is 18.5 Å². The highest BCUT2D eigenvalue weighted by molar-refractivity contribution is 9.11. The molecule has 0 aromatic heterocycles. The molecule has 21 heavy (non-hydrogen) atoms. The third kappa shape index (κ3) is 4.44. The summed E-state index contributed by atoms with van der Waals surface area (Å²) in [7, 11) is 0. The van der Waals surface area contributed by atoms with Gasteiger partial charge in [-0.3, -0.25) is 4.79 Å². The van der Waals surface area contributed by atoms with Gasteiger partial charge in [0.25, 0.3) is 0 Å². The van der Waals surface area contributed by atoms with E-state index in [9.17, 15) is 14.7 Å². The molecule has 0 aliphatic heterocycles. The molecular weight excluding hydrogens is 404 g/mol. The first-order valence-electron chi connectivity index (χ1n) is 6.58. The van der Waals surface area contributed by atoms with Crippen LogP contribution in [0.1, 0.15) is 26.7 Å². The number of aliphatic carboxylic acids is 1. The Bertz CT molecular complexity index is 511. The van der Waals surface area contributed by atoms with Crippen molar-refractivity contribution in [2.75, 3.05) is 11.9 Å². The maximum Gasteiger partial charge on any atom is 0.319 e. The van der Waals surface area contributed by atoms with Crippen LogP contribution in [0.2, 0.25) is 0 Å². The van der Waals surface area contributed by atoms with Crippen LogP contribution >= 0.6 is 31.9 Å². The summed E-state index contributed by atoms with van der Waals surface area (Å²) in [6.07, 6.45) is 0.912. The number of halogens is 2. The lowest BCUT2D eigenvalue weighted by atomic mass is 9.82. The Hall–Kier alpha value is -1.08. The minimum Gasteiger partial charge on any atom is -0.481 e. The van der Waals surface area contributed by atoms with Crippen LogP contribution in [0.4, 0.5) is 10.5 Å². The molecule has 0 heterocycles. The van der Waals surface area contributed by atoms with Gasteiger partial charge in [-0.1, -0.05) is 19.9 Å². The topological polar surface area (TPSA) is 78.4 Å². The molecule has 1 aromatic carbocycles. The van der Waals surface area contributed by atoms with Gasteiger partial charge in [0.15, 0.2) is 0 Å². The summed E-state index contributed by atoms with van der Waals surface area (Å²) in [5.74, 6) is -0.894. The predicted molar refractivity (Wildman–Crippen MR) is 89.5 cm³/mol. The first-order chi connectivity index (χ1) is 9.86. The number of carbonyl (C=O) groups excluding carboxylic acids is 1. The van der Waals surface area contributed by atoms with Crippen molar-refractivity contribution in [1.82, 2.24) is 5.32 Å². The summed E-state index contributed by atoms with van der Waals surface area (Å²) in [5.41, 5.74) is -0.327. The van der Waals surface area contributed by atoms with Gasteiger partial charge in [0.2, 0.25) is 0 Å². The lowest BCUT2D eigenvalue weighted by Gasteiger charge is -2.26. The fourth-order valence-electron chi connectivity index (χ4n) is 1.90. The van der Waals surface area contributed by atoms with Gasteiger partial charge in [0, 0.05) is 15.5 Å². The molecule has 0 saturated carbocycles. The van der Waals surface area contributed by atoms with E-state index in [1.807, 2.05) is 19.9 Å². The van der Waals surface area contributed by atoms with Gasteiger partial charge in [-0.05, 0) is 56.8 Å². The zero-order chi connectivity index (χ0) is 16.0. The first kappa shape index (κ1) is 18.0. The maximum absolute atomic E-state index is 12.0. The number of urea groups is 1. The molecule has 0 aliphatic carbocycles. The summed E-state index contributed by atoms with van der Waals surface area (Å²) < 4.78 is 1.48. The minimum absolute atomic E-state index is 0.0865. The molecule has 0 bridgehead atoms. The van der Waals surface area contributed by atoms with Gasteiger partial charge in [-0.2, -0.15) is 0 Å². The van der Waals surface area contributed by atoms with Crippen LogP contribution in [0.15, 0.2) is 27.1 Å². The molecule has 5 nitrogen and oxygen atoms in total. The molecule has 116 valence electrons. The van der Waals surface area contributed by atoms with Crippen LogP contribution in [0.5, 0.6) is 0 Å². The number of carboxylic acid groups (broad SMARTS) is 1. The first-order valence-corrected chi connectivity index (χ1v) is 8.17. The van der Waals surface area contributed by atoms with Crippen LogP contribution in [0.3, 0.4) is 0 Å². The van der Waals surface area contributed by atoms with E-state index >= 15 is 0 Å². The number of anilines is 1. The Morgan fingerprint density at radius 2 is 1.71 bits per heavy atom. The number of hydrogen-bond acceptors (Lipinski definition) is 2. The Kier molecular flexibility index (Phi) is 6.67. The van der Waals surface area contributed by atoms with Gasteiger partial charge < -0.3 is 15.7 Å². The van der Waals surface area contributed by atoms with Crippen molar-refractivity contribution in [3.63, 3.8) is 0 Å². The lowest BCUT2D eigenvalue weighted by Crippen LogP contribution is -2.43. The van der Waals surface area contributed by atoms with Crippen LogP contribution in [0, 0.1) is 5.41 Å². The van der Waals surface area contributed by atoms with Crippen molar-refractivity contribution in [3.05, 3.63) is 27.1 Å². The molecule has 3 N–H and O–H groups in total. The van der Waals surface area contributed by atoms with Crippen LogP contribution in [0.25, 0.3) is 0 Å². The molecule has 0 spiro atoms. The fourth-order valence-corrected chi connectivity index (χ4v) is 3.10. The third-order valence-electron chi connectivity index (χ3n) is 3.60. The Morgan fingerprint density at radius 3 is 2.14 bits per heavy atom. The second-order valence-electron chi connectivity index (χ2n) is 4.70. The largest absolute Gasteiger partial charge is 0.481 e. The molecule has 0 atom stereocenters. The molecule has 7 heteroatoms. The van der Waals surface area contributed by atoms with E-state index in [1.165, 1.54) is 0 Å². The van der Waals surface area contributed by atoms with Crippen molar-refractivity contribution >= 4 is 49.5 Å². The highest BCUT2D eigenvalue weighted by atomic mass is 79.9. The molecule has 1 rings (SSSR count). The van der Waals surface area contributed by atoms with Crippen LogP contribution in [-0.4, -0.2) is 23.7 Å². The monoisotopic (exact) mass is 420 g/mol. The summed E-state index contributed by atoms with van der Waals surface area (Å²) in [6.45, 7) is 3.70. The number of para-hydroxylation sites is 1. The van der Waals surface area contributed by atoms with E-state index in [2.05, 4.69) is 42.5 Å². The Balaban J connectivity index is 2.72. The second kappa shape index (κ2) is 7.79. The molecule has 0 fully saturated rings. The van der Waals surface area contributed by atoms with Crippen molar-refractivity contribution in [3.8, 4) is 0 Å². The molecule has 0 unspecified atom stereocenters. The maximum atomic E-state index is 12.0. The van der Waals surface area contributed by atoms with Crippen molar-refractivity contribution in [2.24, 2.45) is 5.41 Å². The normalized spacial score (nSPS) is 11.0. The van der Waals surface area contributed by atoms with E-state index in [-0.39, 0.29) is 6.54 Å². The highest BCUT2D eigenvalue weighted by Crippen LogP contribution is 2.30. The van der Waals surface area contributed by atoms with E-state index in [4.69, 9.17) is 0 Å². The van der Waals surface area contributed by atoms with Crippen molar-refractivity contribution in [1.29, 1.82) is 0 Å². The number of hydrogen-bond donors (Lipinski definition) is 3. The average molecular weight is 422 g/mol. The number of rotatable bonds is 6. The zero-order valence-corrected chi connectivity index (χ0v) is 15.0. The quantitative estimate of drug-likeness (QED) is 0.643. The minimum atomic E-state index is -0.928. The third-order valence-corrected chi connectivity index (χ3v) is 4.92. The van der Waals surface area contributed by atoms with Crippen molar-refractivity contribution in [2.45, 2.75) is 26.7 Å². The smallest absolute Gasteiger partial charge is 0.319 e. The molecule has 1 aromatic rings. The summed E-state index contributed by atoms with van der Waals surface area (Å²) in [4.78, 5) is 23.3. The van der Waals surface area contributed by atoms with E-state index in [0.717, 1.165) is 8.95 Å². The van der Waals surface area contributed by atoms with E-state index in [1.54, 1.807) is 12.1 Å². The summed E-state index contributed by atoms with van der Waals surface area (Å²) in [6, 6.07) is 5.01. The lowest BCUT2D eigenvalue weighted by molar-refractivity contribution is -0.149. The standard InChI is InChI=1S/C14H18Br2N2O3/c1-3-14(4-2,12(19)20)8-17-13(21)18-11-9(15)6-5-7-10(11)16/h5-7H,3-4,8H2,1-2H3,(H,19,20)(H2,17,18,21). The van der Waals surface area contributed by atoms with Gasteiger partial charge in [-0.25, -0.2) is 4.79 Å². The van der Waals surface area contributed by atoms with Crippen LogP contribution < -0.4 is 10.6 Å². The molecule has 0 aliphatic rings. The van der Waals surface area contributed by atoms with Crippen molar-refractivity contribution < 1.29 is 14.7 Å². The van der Waals surface area contributed by atoms with Gasteiger partial charge in [-0.15, -0.1) is 0 Å². The SMILES string of the molecule is CCC(CC)(CNC(=O)Nc1c(Br)cccc1Br)C(=O)O. The summed E-state index contributed by atoms with van der Waals surface area (Å²) in [5, 5.41) is 14.7. The fraction of sp³-hybridized carbons (Fsp3) is 0.429. The van der Waals surface area contributed by atoms with Gasteiger partial charge in [0.1, 0.15) is 0 Å². The highest BCUT2D eigenvalue weighted by Gasteiger charge is 2.35. The Labute approximate surface area is 140 Å². The molecule has 0 saturated heterocycles. The predicted octanol–water partition coefficient (Wildman–Crippen LogP) is 4.22. The molecular formula is C14H18Br2N2O3. The van der Waals surface area contributed by atoms with E-state index < -0.39 is 17.4 Å². The number of carboxylic acids is 1. The van der Waals surface area contributed by atoms with Gasteiger partial charge >= 0.3 is 12.0 Å². The second-order valence-corrected chi connectivity index (χ2v) is 6.41. The zero-order valence-electron chi connectivity index (χ0n) is 11.9. The average Bonchev–Trinajstić information content (AvgIpc) is 2.44. The molecule has 0 radical (unpaired) electrons. The number of nitrogens with one attached hydrogen (secondary N) is 2. The molecule has 2 amide bonds. The number of benzene rings is 1. The Morgan fingerprint density at radius 1 is 1.19 bits per heavy atom. The van der Waals surface area contributed by atoms with Crippen LogP contribution in [-0.2, 0) is 4.79 Å². The van der Waals surface area contributed by atoms with Gasteiger partial charge in [0.05, 0.1) is 11.1 Å². The summed E-state index contributed by atoms with van der Waals surface area (Å²) >= 11 is 6.70. The number of carbonyl (C=O) groups is 2.